The van der Waals surface area contributed by atoms with E-state index in [0.717, 1.165) is 12.0 Å². The maximum Gasteiger partial charge on any atom is 0.0513 e. The molecule has 1 unspecified atom stereocenters. The normalized spacial score (nSPS) is 14.2. The molecule has 0 aliphatic heterocycles. The average molecular weight is 152 g/mol. The summed E-state index contributed by atoms with van der Waals surface area (Å²) in [5.41, 5.74) is 0.977. The van der Waals surface area contributed by atoms with Crippen LogP contribution in [0.15, 0.2) is 24.3 Å². The third-order valence-corrected chi connectivity index (χ3v) is 1.51. The number of allylic oxidation sites excluding steroid dienone is 1. The summed E-state index contributed by atoms with van der Waals surface area (Å²) in [6.07, 6.45) is 6.14. The molecule has 0 heterocycles. The fourth-order valence-corrected chi connectivity index (χ4v) is 0.932. The van der Waals surface area contributed by atoms with E-state index in [1.807, 2.05) is 13.1 Å². The Kier molecular flexibility index (Phi) is 5.39. The molecule has 2 nitrogen and oxygen atoms in total. The van der Waals surface area contributed by atoms with Crippen LogP contribution < -0.4 is 5.32 Å². The van der Waals surface area contributed by atoms with E-state index >= 15 is 0 Å². The minimum Gasteiger partial charge on any atom is -0.310 e. The zero-order valence-corrected chi connectivity index (χ0v) is 7.22. The standard InChI is InChI=1S/C9H16N2/c1-4-6-8(7-10)9(5-2)11-3/h5-7,9-11H,2,4H2,1,3H3/b8-6+,10-7?. The predicted molar refractivity (Wildman–Crippen MR) is 50.2 cm³/mol. The lowest BCUT2D eigenvalue weighted by Gasteiger charge is -2.10. The molecule has 2 heteroatoms. The monoisotopic (exact) mass is 152 g/mol. The first-order valence-corrected chi connectivity index (χ1v) is 3.80. The Labute approximate surface area is 68.5 Å². The van der Waals surface area contributed by atoms with Crippen LogP contribution in [0, 0.1) is 5.41 Å². The van der Waals surface area contributed by atoms with Gasteiger partial charge in [0.2, 0.25) is 0 Å². The fourth-order valence-electron chi connectivity index (χ4n) is 0.932. The highest BCUT2D eigenvalue weighted by atomic mass is 14.9. The van der Waals surface area contributed by atoms with Gasteiger partial charge in [-0.3, -0.25) is 0 Å². The molecular weight excluding hydrogens is 136 g/mol. The lowest BCUT2D eigenvalue weighted by atomic mass is 10.1. The minimum atomic E-state index is 0.118. The van der Waals surface area contributed by atoms with Crippen molar-refractivity contribution in [1.82, 2.24) is 5.32 Å². The van der Waals surface area contributed by atoms with Crippen molar-refractivity contribution in [3.8, 4) is 0 Å². The highest BCUT2D eigenvalue weighted by Gasteiger charge is 2.02. The summed E-state index contributed by atoms with van der Waals surface area (Å²) >= 11 is 0. The first-order valence-electron chi connectivity index (χ1n) is 3.80. The van der Waals surface area contributed by atoms with E-state index in [2.05, 4.69) is 18.8 Å². The van der Waals surface area contributed by atoms with Gasteiger partial charge in [-0.2, -0.15) is 0 Å². The molecule has 62 valence electrons. The molecule has 0 saturated heterocycles. The SMILES string of the molecule is C=CC(NC)/C(C=N)=C/CC. The molecule has 0 fully saturated rings. The van der Waals surface area contributed by atoms with Gasteiger partial charge >= 0.3 is 0 Å². The Hall–Kier alpha value is -0.890. The highest BCUT2D eigenvalue weighted by Crippen LogP contribution is 2.01. The quantitative estimate of drug-likeness (QED) is 0.457. The molecule has 1 atom stereocenters. The van der Waals surface area contributed by atoms with Gasteiger partial charge in [0.1, 0.15) is 0 Å². The number of likely N-dealkylation sites (N-methyl/N-ethyl adjacent to an activating group) is 1. The zero-order chi connectivity index (χ0) is 8.69. The van der Waals surface area contributed by atoms with E-state index in [1.165, 1.54) is 6.21 Å². The molecule has 0 aromatic heterocycles. The summed E-state index contributed by atoms with van der Waals surface area (Å²) in [6.45, 7) is 5.73. The molecule has 2 N–H and O–H groups in total. The summed E-state index contributed by atoms with van der Waals surface area (Å²) in [6, 6.07) is 0.118. The van der Waals surface area contributed by atoms with E-state index < -0.39 is 0 Å². The molecule has 0 aromatic rings. The molecule has 0 aliphatic carbocycles. The second kappa shape index (κ2) is 5.86. The van der Waals surface area contributed by atoms with E-state index in [4.69, 9.17) is 5.41 Å². The molecule has 0 spiro atoms. The van der Waals surface area contributed by atoms with Crippen LogP contribution in [-0.2, 0) is 0 Å². The summed E-state index contributed by atoms with van der Waals surface area (Å²) in [5, 5.41) is 10.2. The van der Waals surface area contributed by atoms with Crippen molar-refractivity contribution in [2.45, 2.75) is 19.4 Å². The largest absolute Gasteiger partial charge is 0.310 e. The smallest absolute Gasteiger partial charge is 0.0513 e. The number of hydrogen-bond donors (Lipinski definition) is 2. The van der Waals surface area contributed by atoms with Crippen molar-refractivity contribution in [2.24, 2.45) is 0 Å². The topological polar surface area (TPSA) is 35.9 Å². The number of nitrogens with one attached hydrogen (secondary N) is 2. The number of rotatable bonds is 5. The van der Waals surface area contributed by atoms with E-state index in [9.17, 15) is 0 Å². The van der Waals surface area contributed by atoms with E-state index in [-0.39, 0.29) is 6.04 Å². The molecule has 0 bridgehead atoms. The molecule has 11 heavy (non-hydrogen) atoms. The maximum atomic E-state index is 7.12. The van der Waals surface area contributed by atoms with Gasteiger partial charge in [-0.1, -0.05) is 19.1 Å². The van der Waals surface area contributed by atoms with Gasteiger partial charge in [-0.25, -0.2) is 0 Å². The van der Waals surface area contributed by atoms with E-state index in [1.54, 1.807) is 6.08 Å². The Bertz CT molecular complexity index is 159. The lowest BCUT2D eigenvalue weighted by molar-refractivity contribution is 0.773. The van der Waals surface area contributed by atoms with Crippen LogP contribution in [0.1, 0.15) is 13.3 Å². The number of hydrogen-bond acceptors (Lipinski definition) is 2. The summed E-state index contributed by atoms with van der Waals surface area (Å²) in [5.74, 6) is 0. The summed E-state index contributed by atoms with van der Waals surface area (Å²) < 4.78 is 0. The average Bonchev–Trinajstić information content (AvgIpc) is 2.05. The molecular formula is C9H16N2. The molecule has 0 aromatic carbocycles. The van der Waals surface area contributed by atoms with Crippen molar-refractivity contribution >= 4 is 6.21 Å². The van der Waals surface area contributed by atoms with Crippen molar-refractivity contribution in [2.75, 3.05) is 7.05 Å². The summed E-state index contributed by atoms with van der Waals surface area (Å²) in [4.78, 5) is 0. The Morgan fingerprint density at radius 3 is 2.64 bits per heavy atom. The van der Waals surface area contributed by atoms with Gasteiger partial charge in [0.05, 0.1) is 6.04 Å². The molecule has 0 radical (unpaired) electrons. The third kappa shape index (κ3) is 3.14. The minimum absolute atomic E-state index is 0.118. The first kappa shape index (κ1) is 10.1. The van der Waals surface area contributed by atoms with Crippen LogP contribution in [-0.4, -0.2) is 19.3 Å². The van der Waals surface area contributed by atoms with Crippen LogP contribution in [0.25, 0.3) is 0 Å². The van der Waals surface area contributed by atoms with Crippen molar-refractivity contribution in [3.63, 3.8) is 0 Å². The summed E-state index contributed by atoms with van der Waals surface area (Å²) in [7, 11) is 1.86. The van der Waals surface area contributed by atoms with Gasteiger partial charge in [0.15, 0.2) is 0 Å². The lowest BCUT2D eigenvalue weighted by Crippen LogP contribution is -2.25. The van der Waals surface area contributed by atoms with Crippen LogP contribution in [0.5, 0.6) is 0 Å². The van der Waals surface area contributed by atoms with Crippen molar-refractivity contribution < 1.29 is 0 Å². The van der Waals surface area contributed by atoms with Crippen molar-refractivity contribution in [1.29, 1.82) is 5.41 Å². The second-order valence-corrected chi connectivity index (χ2v) is 2.26. The van der Waals surface area contributed by atoms with E-state index in [0.29, 0.717) is 0 Å². The van der Waals surface area contributed by atoms with Crippen LogP contribution in [0.3, 0.4) is 0 Å². The Morgan fingerprint density at radius 2 is 2.36 bits per heavy atom. The second-order valence-electron chi connectivity index (χ2n) is 2.26. The van der Waals surface area contributed by atoms with Crippen LogP contribution in [0.2, 0.25) is 0 Å². The van der Waals surface area contributed by atoms with Gasteiger partial charge in [0.25, 0.3) is 0 Å². The predicted octanol–water partition coefficient (Wildman–Crippen LogP) is 1.75. The molecule has 0 aliphatic rings. The molecule has 0 saturated carbocycles. The first-order chi connectivity index (χ1) is 5.29. The van der Waals surface area contributed by atoms with Crippen LogP contribution >= 0.6 is 0 Å². The third-order valence-electron chi connectivity index (χ3n) is 1.51. The van der Waals surface area contributed by atoms with Gasteiger partial charge < -0.3 is 10.7 Å². The Balaban J connectivity index is 4.32. The van der Waals surface area contributed by atoms with Crippen LogP contribution in [0.4, 0.5) is 0 Å². The zero-order valence-electron chi connectivity index (χ0n) is 7.22. The maximum absolute atomic E-state index is 7.12. The van der Waals surface area contributed by atoms with Crippen molar-refractivity contribution in [3.05, 3.63) is 24.3 Å². The molecule has 0 amide bonds. The van der Waals surface area contributed by atoms with Gasteiger partial charge in [-0.15, -0.1) is 6.58 Å². The van der Waals surface area contributed by atoms with Gasteiger partial charge in [-0.05, 0) is 19.0 Å². The fraction of sp³-hybridized carbons (Fsp3) is 0.444. The Morgan fingerprint density at radius 1 is 1.73 bits per heavy atom. The highest BCUT2D eigenvalue weighted by molar-refractivity contribution is 5.78. The molecule has 0 rings (SSSR count). The van der Waals surface area contributed by atoms with Gasteiger partial charge in [0, 0.05) is 6.21 Å².